The molecule has 4 heteroatoms. The molecule has 0 radical (unpaired) electrons. The van der Waals surface area contributed by atoms with E-state index >= 15 is 0 Å². The summed E-state index contributed by atoms with van der Waals surface area (Å²) in [6.07, 6.45) is 1.10. The molecule has 0 aromatic carbocycles. The molecule has 2 atom stereocenters. The van der Waals surface area contributed by atoms with Crippen molar-refractivity contribution in [3.63, 3.8) is 0 Å². The van der Waals surface area contributed by atoms with Crippen molar-refractivity contribution in [3.8, 4) is 0 Å². The molecule has 2 rings (SSSR count). The molecular weight excluding hydrogens is 218 g/mol. The van der Waals surface area contributed by atoms with E-state index in [1.807, 2.05) is 13.8 Å². The molecule has 4 nitrogen and oxygen atoms in total. The van der Waals surface area contributed by atoms with Gasteiger partial charge in [0.1, 0.15) is 0 Å². The Morgan fingerprint density at radius 1 is 1.59 bits per heavy atom. The molecule has 0 spiro atoms. The molecule has 1 aliphatic carbocycles. The van der Waals surface area contributed by atoms with Gasteiger partial charge in [-0.2, -0.15) is 0 Å². The lowest BCUT2D eigenvalue weighted by Gasteiger charge is -2.02. The van der Waals surface area contributed by atoms with Crippen molar-refractivity contribution >= 4 is 5.97 Å². The first-order chi connectivity index (χ1) is 8.04. The van der Waals surface area contributed by atoms with Crippen LogP contribution in [0.1, 0.15) is 68.1 Å². The van der Waals surface area contributed by atoms with Gasteiger partial charge in [0, 0.05) is 5.92 Å². The molecule has 0 N–H and O–H groups in total. The van der Waals surface area contributed by atoms with Crippen LogP contribution in [-0.4, -0.2) is 17.6 Å². The maximum absolute atomic E-state index is 11.8. The van der Waals surface area contributed by atoms with Crippen molar-refractivity contribution < 1.29 is 13.9 Å². The van der Waals surface area contributed by atoms with E-state index in [1.165, 1.54) is 0 Å². The number of carbonyl (C=O) groups excluding carboxylic acids is 1. The van der Waals surface area contributed by atoms with Crippen molar-refractivity contribution in [2.75, 3.05) is 6.61 Å². The van der Waals surface area contributed by atoms with Crippen LogP contribution in [0.3, 0.4) is 0 Å². The number of carbonyl (C=O) groups is 1. The summed E-state index contributed by atoms with van der Waals surface area (Å²) in [5.41, 5.74) is 0.720. The summed E-state index contributed by atoms with van der Waals surface area (Å²) in [7, 11) is 0. The van der Waals surface area contributed by atoms with E-state index < -0.39 is 5.97 Å². The second kappa shape index (κ2) is 4.51. The minimum atomic E-state index is -0.400. The Morgan fingerprint density at radius 3 is 2.71 bits per heavy atom. The highest BCUT2D eigenvalue weighted by Gasteiger charge is 2.40. The van der Waals surface area contributed by atoms with Crippen molar-refractivity contribution in [1.82, 2.24) is 4.98 Å². The molecular formula is C13H19NO3. The quantitative estimate of drug-likeness (QED) is 0.755. The molecule has 1 saturated carbocycles. The number of nitrogens with zero attached hydrogens (tertiary/aromatic N) is 1. The molecule has 1 fully saturated rings. The zero-order chi connectivity index (χ0) is 12.6. The monoisotopic (exact) mass is 237 g/mol. The first-order valence-electron chi connectivity index (χ1n) is 6.22. The lowest BCUT2D eigenvalue weighted by molar-refractivity contribution is 0.0485. The van der Waals surface area contributed by atoms with Crippen molar-refractivity contribution in [2.24, 2.45) is 5.92 Å². The Hall–Kier alpha value is -1.32. The van der Waals surface area contributed by atoms with Gasteiger partial charge in [-0.1, -0.05) is 20.8 Å². The van der Waals surface area contributed by atoms with Gasteiger partial charge in [-0.15, -0.1) is 0 Å². The van der Waals surface area contributed by atoms with Crippen molar-refractivity contribution in [2.45, 2.75) is 46.0 Å². The molecule has 1 aliphatic rings. The summed E-state index contributed by atoms with van der Waals surface area (Å²) < 4.78 is 10.6. The van der Waals surface area contributed by atoms with Crippen LogP contribution < -0.4 is 0 Å². The zero-order valence-corrected chi connectivity index (χ0v) is 10.8. The highest BCUT2D eigenvalue weighted by Crippen LogP contribution is 2.47. The van der Waals surface area contributed by atoms with Crippen molar-refractivity contribution in [1.29, 1.82) is 0 Å². The van der Waals surface area contributed by atoms with Crippen LogP contribution in [0.4, 0.5) is 0 Å². The molecule has 0 bridgehead atoms. The fourth-order valence-corrected chi connectivity index (χ4v) is 1.91. The molecule has 1 aromatic heterocycles. The molecule has 17 heavy (non-hydrogen) atoms. The number of rotatable bonds is 4. The third-order valence-electron chi connectivity index (χ3n) is 3.10. The lowest BCUT2D eigenvalue weighted by Crippen LogP contribution is -2.07. The van der Waals surface area contributed by atoms with E-state index in [0.717, 1.165) is 12.1 Å². The van der Waals surface area contributed by atoms with E-state index in [-0.39, 0.29) is 11.7 Å². The fourth-order valence-electron chi connectivity index (χ4n) is 1.91. The number of ether oxygens (including phenoxy) is 1. The average Bonchev–Trinajstić information content (AvgIpc) is 2.82. The predicted octanol–water partition coefficient (Wildman–Crippen LogP) is 3.10. The highest BCUT2D eigenvalue weighted by atomic mass is 16.5. The first-order valence-corrected chi connectivity index (χ1v) is 6.22. The van der Waals surface area contributed by atoms with Gasteiger partial charge < -0.3 is 9.15 Å². The van der Waals surface area contributed by atoms with Gasteiger partial charge in [-0.05, 0) is 25.2 Å². The summed E-state index contributed by atoms with van der Waals surface area (Å²) in [6, 6.07) is 0. The Labute approximate surface area is 101 Å². The van der Waals surface area contributed by atoms with Gasteiger partial charge >= 0.3 is 5.97 Å². The summed E-state index contributed by atoms with van der Waals surface area (Å²) in [4.78, 5) is 16.2. The molecule has 1 aromatic rings. The van der Waals surface area contributed by atoms with Crippen LogP contribution in [0.15, 0.2) is 4.42 Å². The van der Waals surface area contributed by atoms with Crippen LogP contribution in [0, 0.1) is 5.92 Å². The van der Waals surface area contributed by atoms with Crippen LogP contribution in [0.25, 0.3) is 0 Å². The van der Waals surface area contributed by atoms with Gasteiger partial charge in [0.2, 0.25) is 5.76 Å². The van der Waals surface area contributed by atoms with Crippen LogP contribution >= 0.6 is 0 Å². The second-order valence-corrected chi connectivity index (χ2v) is 4.96. The Kier molecular flexibility index (Phi) is 3.22. The van der Waals surface area contributed by atoms with Gasteiger partial charge in [0.15, 0.2) is 5.89 Å². The third kappa shape index (κ3) is 2.35. The summed E-state index contributed by atoms with van der Waals surface area (Å²) >= 11 is 0. The fraction of sp³-hybridized carbons (Fsp3) is 0.692. The lowest BCUT2D eigenvalue weighted by atomic mass is 10.1. The van der Waals surface area contributed by atoms with Gasteiger partial charge in [-0.25, -0.2) is 9.78 Å². The zero-order valence-electron chi connectivity index (χ0n) is 10.8. The molecule has 94 valence electrons. The summed E-state index contributed by atoms with van der Waals surface area (Å²) in [5, 5.41) is 0. The predicted molar refractivity (Wildman–Crippen MR) is 63.1 cm³/mol. The molecule has 2 unspecified atom stereocenters. The summed E-state index contributed by atoms with van der Waals surface area (Å²) in [6.45, 7) is 8.30. The van der Waals surface area contributed by atoms with Crippen LogP contribution in [0.2, 0.25) is 0 Å². The third-order valence-corrected chi connectivity index (χ3v) is 3.10. The molecule has 0 saturated heterocycles. The van der Waals surface area contributed by atoms with E-state index in [0.29, 0.717) is 24.3 Å². The van der Waals surface area contributed by atoms with E-state index in [1.54, 1.807) is 6.92 Å². The largest absolute Gasteiger partial charge is 0.460 e. The SMILES string of the molecule is CCOC(=O)c1oc(C2CC2C)nc1C(C)C. The second-order valence-electron chi connectivity index (χ2n) is 4.96. The normalized spacial score (nSPS) is 22.9. The van der Waals surface area contributed by atoms with Crippen LogP contribution in [0.5, 0.6) is 0 Å². The number of esters is 1. The topological polar surface area (TPSA) is 52.3 Å². The highest BCUT2D eigenvalue weighted by molar-refractivity contribution is 5.87. The van der Waals surface area contributed by atoms with E-state index in [2.05, 4.69) is 11.9 Å². The first kappa shape index (κ1) is 12.1. The summed E-state index contributed by atoms with van der Waals surface area (Å²) in [5.74, 6) is 1.75. The molecule has 0 aliphatic heterocycles. The van der Waals surface area contributed by atoms with Crippen molar-refractivity contribution in [3.05, 3.63) is 17.3 Å². The average molecular weight is 237 g/mol. The maximum atomic E-state index is 11.8. The maximum Gasteiger partial charge on any atom is 0.376 e. The minimum Gasteiger partial charge on any atom is -0.460 e. The Bertz CT molecular complexity index is 422. The molecule has 1 heterocycles. The van der Waals surface area contributed by atoms with E-state index in [4.69, 9.17) is 9.15 Å². The standard InChI is InChI=1S/C13H19NO3/c1-5-16-13(15)11-10(7(2)3)14-12(17-11)9-6-8(9)4/h7-9H,5-6H2,1-4H3. The molecule has 0 amide bonds. The van der Waals surface area contributed by atoms with Gasteiger partial charge in [0.25, 0.3) is 0 Å². The minimum absolute atomic E-state index is 0.168. The smallest absolute Gasteiger partial charge is 0.376 e. The van der Waals surface area contributed by atoms with E-state index in [9.17, 15) is 4.79 Å². The number of aromatic nitrogens is 1. The number of oxazole rings is 1. The number of hydrogen-bond acceptors (Lipinski definition) is 4. The van der Waals surface area contributed by atoms with Gasteiger partial charge in [0.05, 0.1) is 12.3 Å². The Balaban J connectivity index is 2.28. The van der Waals surface area contributed by atoms with Crippen LogP contribution in [-0.2, 0) is 4.74 Å². The van der Waals surface area contributed by atoms with Gasteiger partial charge in [-0.3, -0.25) is 0 Å². The Morgan fingerprint density at radius 2 is 2.24 bits per heavy atom. The number of hydrogen-bond donors (Lipinski definition) is 0.